The van der Waals surface area contributed by atoms with Crippen molar-refractivity contribution in [2.45, 2.75) is 59.5 Å². The van der Waals surface area contributed by atoms with Crippen LogP contribution in [0.4, 0.5) is 0 Å². The Bertz CT molecular complexity index is 369. The van der Waals surface area contributed by atoms with Gasteiger partial charge >= 0.3 is 0 Å². The van der Waals surface area contributed by atoms with Crippen LogP contribution in [0.3, 0.4) is 0 Å². The van der Waals surface area contributed by atoms with Crippen LogP contribution in [-0.4, -0.2) is 17.1 Å². The molecule has 0 spiro atoms. The van der Waals surface area contributed by atoms with Crippen molar-refractivity contribution in [1.82, 2.24) is 10.3 Å². The lowest BCUT2D eigenvalue weighted by atomic mass is 10.1. The van der Waals surface area contributed by atoms with Gasteiger partial charge < -0.3 is 10.1 Å². The zero-order valence-corrected chi connectivity index (χ0v) is 12.3. The van der Waals surface area contributed by atoms with Gasteiger partial charge in [0.05, 0.1) is 6.61 Å². The molecular weight excluding hydrogens is 224 g/mol. The number of nitrogens with zero attached hydrogens (tertiary/aromatic N) is 1. The number of pyridine rings is 1. The molecule has 0 aliphatic carbocycles. The van der Waals surface area contributed by atoms with Crippen molar-refractivity contribution in [3.63, 3.8) is 0 Å². The summed E-state index contributed by atoms with van der Waals surface area (Å²) in [5.41, 5.74) is 2.40. The largest absolute Gasteiger partial charge is 0.478 e. The van der Waals surface area contributed by atoms with E-state index in [0.29, 0.717) is 0 Å². The molecular formula is C15H26N2O. The molecule has 0 aliphatic heterocycles. The van der Waals surface area contributed by atoms with Crippen LogP contribution in [0.5, 0.6) is 5.88 Å². The zero-order chi connectivity index (χ0) is 13.6. The summed E-state index contributed by atoms with van der Waals surface area (Å²) < 4.78 is 5.60. The van der Waals surface area contributed by atoms with Crippen LogP contribution in [0.2, 0.25) is 0 Å². The average molecular weight is 250 g/mol. The minimum absolute atomic E-state index is 0.128. The fraction of sp³-hybridized carbons (Fsp3) is 0.667. The summed E-state index contributed by atoms with van der Waals surface area (Å²) in [7, 11) is 0. The van der Waals surface area contributed by atoms with Crippen LogP contribution in [0.1, 0.15) is 51.8 Å². The van der Waals surface area contributed by atoms with Crippen molar-refractivity contribution in [3.05, 3.63) is 23.4 Å². The van der Waals surface area contributed by atoms with Gasteiger partial charge in [0, 0.05) is 23.8 Å². The molecule has 1 aromatic heterocycles. The summed E-state index contributed by atoms with van der Waals surface area (Å²) in [6, 6.07) is 4.06. The molecule has 0 saturated heterocycles. The summed E-state index contributed by atoms with van der Waals surface area (Å²) in [4.78, 5) is 4.48. The third-order valence-electron chi connectivity index (χ3n) is 2.73. The van der Waals surface area contributed by atoms with E-state index in [2.05, 4.69) is 44.1 Å². The lowest BCUT2D eigenvalue weighted by Gasteiger charge is -2.21. The van der Waals surface area contributed by atoms with E-state index in [4.69, 9.17) is 4.74 Å². The van der Waals surface area contributed by atoms with Gasteiger partial charge in [-0.3, -0.25) is 0 Å². The summed E-state index contributed by atoms with van der Waals surface area (Å²) in [5, 5.41) is 3.47. The second-order valence-corrected chi connectivity index (χ2v) is 5.70. The van der Waals surface area contributed by atoms with E-state index in [9.17, 15) is 0 Å². The molecule has 0 amide bonds. The smallest absolute Gasteiger partial charge is 0.213 e. The number of rotatable bonds is 6. The first-order valence-corrected chi connectivity index (χ1v) is 6.76. The molecule has 102 valence electrons. The molecule has 3 nitrogen and oxygen atoms in total. The minimum atomic E-state index is 0.128. The van der Waals surface area contributed by atoms with Crippen molar-refractivity contribution in [1.29, 1.82) is 0 Å². The van der Waals surface area contributed by atoms with Crippen LogP contribution in [0.25, 0.3) is 0 Å². The third-order valence-corrected chi connectivity index (χ3v) is 2.73. The Morgan fingerprint density at radius 2 is 2.00 bits per heavy atom. The fourth-order valence-electron chi connectivity index (χ4n) is 1.52. The topological polar surface area (TPSA) is 34.1 Å². The van der Waals surface area contributed by atoms with Crippen molar-refractivity contribution < 1.29 is 4.74 Å². The maximum Gasteiger partial charge on any atom is 0.213 e. The Kier molecular flexibility index (Phi) is 5.60. The van der Waals surface area contributed by atoms with Gasteiger partial charge in [0.1, 0.15) is 0 Å². The van der Waals surface area contributed by atoms with E-state index in [-0.39, 0.29) is 5.54 Å². The first kappa shape index (κ1) is 15.0. The van der Waals surface area contributed by atoms with E-state index in [0.717, 1.165) is 37.6 Å². The van der Waals surface area contributed by atoms with Crippen LogP contribution in [-0.2, 0) is 6.54 Å². The molecule has 0 fully saturated rings. The average Bonchev–Trinajstić information content (AvgIpc) is 2.27. The molecule has 1 heterocycles. The molecule has 1 aromatic rings. The van der Waals surface area contributed by atoms with Crippen LogP contribution in [0, 0.1) is 6.92 Å². The zero-order valence-electron chi connectivity index (χ0n) is 12.3. The van der Waals surface area contributed by atoms with Gasteiger partial charge in [-0.15, -0.1) is 0 Å². The van der Waals surface area contributed by atoms with Gasteiger partial charge in [-0.05, 0) is 39.7 Å². The van der Waals surface area contributed by atoms with Crippen molar-refractivity contribution in [2.75, 3.05) is 6.61 Å². The van der Waals surface area contributed by atoms with Gasteiger partial charge in [-0.2, -0.15) is 0 Å². The van der Waals surface area contributed by atoms with E-state index in [1.54, 1.807) is 0 Å². The summed E-state index contributed by atoms with van der Waals surface area (Å²) >= 11 is 0. The number of hydrogen-bond donors (Lipinski definition) is 1. The molecule has 18 heavy (non-hydrogen) atoms. The Morgan fingerprint density at radius 3 is 2.56 bits per heavy atom. The highest BCUT2D eigenvalue weighted by Gasteiger charge is 2.10. The third kappa shape index (κ3) is 5.50. The maximum atomic E-state index is 5.60. The summed E-state index contributed by atoms with van der Waals surface area (Å²) in [6.07, 6.45) is 2.22. The molecule has 1 N–H and O–H groups in total. The fourth-order valence-corrected chi connectivity index (χ4v) is 1.52. The van der Waals surface area contributed by atoms with Gasteiger partial charge in [0.15, 0.2) is 0 Å². The normalized spacial score (nSPS) is 11.6. The predicted molar refractivity (Wildman–Crippen MR) is 76.0 cm³/mol. The van der Waals surface area contributed by atoms with Crippen LogP contribution >= 0.6 is 0 Å². The SMILES string of the molecule is CCCCOc1ccc(CNC(C)(C)C)c(C)n1. The molecule has 0 saturated carbocycles. The molecule has 0 aromatic carbocycles. The standard InChI is InChI=1S/C15H26N2O/c1-6-7-10-18-14-9-8-13(12(2)17-14)11-16-15(3,4)5/h8-9,16H,6-7,10-11H2,1-5H3. The monoisotopic (exact) mass is 250 g/mol. The van der Waals surface area contributed by atoms with Gasteiger partial charge in [-0.25, -0.2) is 4.98 Å². The van der Waals surface area contributed by atoms with Crippen molar-refractivity contribution in [2.24, 2.45) is 0 Å². The first-order valence-electron chi connectivity index (χ1n) is 6.76. The number of aromatic nitrogens is 1. The first-order chi connectivity index (χ1) is 8.42. The highest BCUT2D eigenvalue weighted by Crippen LogP contribution is 2.14. The molecule has 0 unspecified atom stereocenters. The number of hydrogen-bond acceptors (Lipinski definition) is 3. The van der Waals surface area contributed by atoms with E-state index >= 15 is 0 Å². The van der Waals surface area contributed by atoms with Gasteiger partial charge in [0.2, 0.25) is 5.88 Å². The predicted octanol–water partition coefficient (Wildman–Crippen LogP) is 3.46. The lowest BCUT2D eigenvalue weighted by molar-refractivity contribution is 0.297. The molecule has 3 heteroatoms. The quantitative estimate of drug-likeness (QED) is 0.785. The van der Waals surface area contributed by atoms with Crippen molar-refractivity contribution in [3.8, 4) is 5.88 Å². The van der Waals surface area contributed by atoms with Gasteiger partial charge in [0.25, 0.3) is 0 Å². The summed E-state index contributed by atoms with van der Waals surface area (Å²) in [5.74, 6) is 0.737. The van der Waals surface area contributed by atoms with E-state index in [1.807, 2.05) is 13.0 Å². The molecule has 0 atom stereocenters. The minimum Gasteiger partial charge on any atom is -0.478 e. The number of aryl methyl sites for hydroxylation is 1. The van der Waals surface area contributed by atoms with Crippen molar-refractivity contribution >= 4 is 0 Å². The molecule has 0 bridgehead atoms. The molecule has 0 radical (unpaired) electrons. The molecule has 0 aliphatic rings. The summed E-state index contributed by atoms with van der Waals surface area (Å²) in [6.45, 7) is 12.3. The highest BCUT2D eigenvalue weighted by atomic mass is 16.5. The number of nitrogens with one attached hydrogen (secondary N) is 1. The number of ether oxygens (including phenoxy) is 1. The van der Waals surface area contributed by atoms with Crippen LogP contribution in [0.15, 0.2) is 12.1 Å². The highest BCUT2D eigenvalue weighted by molar-refractivity contribution is 5.25. The second kappa shape index (κ2) is 6.74. The Morgan fingerprint density at radius 1 is 1.28 bits per heavy atom. The van der Waals surface area contributed by atoms with E-state index < -0.39 is 0 Å². The number of unbranched alkanes of at least 4 members (excludes halogenated alkanes) is 1. The second-order valence-electron chi connectivity index (χ2n) is 5.70. The van der Waals surface area contributed by atoms with Crippen LogP contribution < -0.4 is 10.1 Å². The Hall–Kier alpha value is -1.09. The lowest BCUT2D eigenvalue weighted by Crippen LogP contribution is -2.35. The molecule has 1 rings (SSSR count). The van der Waals surface area contributed by atoms with E-state index in [1.165, 1.54) is 5.56 Å². The van der Waals surface area contributed by atoms with Gasteiger partial charge in [-0.1, -0.05) is 19.4 Å². The Balaban J connectivity index is 2.56. The maximum absolute atomic E-state index is 5.60. The Labute approximate surface area is 111 Å².